The maximum Gasteiger partial charge on any atom is 0.336 e. The van der Waals surface area contributed by atoms with E-state index in [0.29, 0.717) is 11.0 Å². The molecule has 3 aromatic carbocycles. The Kier molecular flexibility index (Phi) is 6.53. The predicted octanol–water partition coefficient (Wildman–Crippen LogP) is 6.56. The molecule has 1 N–H and O–H groups in total. The Morgan fingerprint density at radius 1 is 0.897 bits per heavy atom. The maximum absolute atomic E-state index is 11.7. The molecule has 7 nitrogen and oxygen atoms in total. The van der Waals surface area contributed by atoms with E-state index in [1.54, 1.807) is 16.8 Å². The van der Waals surface area contributed by atoms with Crippen molar-refractivity contribution in [3.05, 3.63) is 84.8 Å². The quantitative estimate of drug-likeness (QED) is 0.262. The number of fused-ring (bicyclic) bond motifs is 2. The van der Waals surface area contributed by atoms with Crippen LogP contribution in [0.15, 0.2) is 79.3 Å². The number of carboxylic acid groups (broad SMARTS) is 1. The van der Waals surface area contributed by atoms with Gasteiger partial charge in [0.25, 0.3) is 0 Å². The molecule has 0 atom stereocenters. The summed E-state index contributed by atoms with van der Waals surface area (Å²) in [5.74, 6) is -0.0878. The molecule has 1 aliphatic heterocycles. The summed E-state index contributed by atoms with van der Waals surface area (Å²) < 4.78 is 8.14. The smallest absolute Gasteiger partial charge is 0.336 e. The second-order valence-corrected chi connectivity index (χ2v) is 10.9. The van der Waals surface area contributed by atoms with Crippen LogP contribution in [-0.2, 0) is 0 Å². The van der Waals surface area contributed by atoms with Crippen molar-refractivity contribution in [2.45, 2.75) is 38.7 Å². The number of benzene rings is 3. The largest absolute Gasteiger partial charge is 0.487 e. The number of aromatic nitrogens is 3. The highest BCUT2D eigenvalue weighted by molar-refractivity contribution is 6.09. The van der Waals surface area contributed by atoms with Gasteiger partial charge in [0.05, 0.1) is 11.8 Å². The molecule has 2 aromatic heterocycles. The molecule has 0 amide bonds. The predicted molar refractivity (Wildman–Crippen MR) is 153 cm³/mol. The molecular weight excluding hydrogens is 488 g/mol. The van der Waals surface area contributed by atoms with Crippen molar-refractivity contribution in [1.82, 2.24) is 19.5 Å². The summed E-state index contributed by atoms with van der Waals surface area (Å²) in [6.45, 7) is 7.54. The van der Waals surface area contributed by atoms with Crippen molar-refractivity contribution >= 4 is 22.4 Å². The van der Waals surface area contributed by atoms with Gasteiger partial charge in [-0.05, 0) is 79.9 Å². The number of carboxylic acids is 1. The molecule has 1 saturated heterocycles. The fourth-order valence-corrected chi connectivity index (χ4v) is 5.66. The normalized spacial score (nSPS) is 14.6. The van der Waals surface area contributed by atoms with Crippen LogP contribution in [0.2, 0.25) is 0 Å². The van der Waals surface area contributed by atoms with Gasteiger partial charge in [-0.1, -0.05) is 48.9 Å². The number of rotatable bonds is 7. The number of likely N-dealkylation sites (tertiary alicyclic amines) is 1. The summed E-state index contributed by atoms with van der Waals surface area (Å²) in [7, 11) is 0. The van der Waals surface area contributed by atoms with E-state index in [1.807, 2.05) is 54.9 Å². The average molecular weight is 521 g/mol. The Balaban J connectivity index is 1.25. The minimum atomic E-state index is -0.942. The lowest BCUT2D eigenvalue weighted by Crippen LogP contribution is -2.44. The van der Waals surface area contributed by atoms with Crippen molar-refractivity contribution in [3.8, 4) is 28.0 Å². The van der Waals surface area contributed by atoms with Gasteiger partial charge in [0.2, 0.25) is 0 Å². The number of carbonyl (C=O) groups is 1. The van der Waals surface area contributed by atoms with E-state index >= 15 is 0 Å². The highest BCUT2D eigenvalue weighted by Gasteiger charge is 2.25. The Morgan fingerprint density at radius 3 is 2.38 bits per heavy atom. The van der Waals surface area contributed by atoms with Crippen LogP contribution >= 0.6 is 0 Å². The average Bonchev–Trinajstić information content (AvgIpc) is 3.36. The Hall–Kier alpha value is -4.23. The van der Waals surface area contributed by atoms with Crippen molar-refractivity contribution in [2.24, 2.45) is 0 Å². The third-order valence-corrected chi connectivity index (χ3v) is 7.44. The molecule has 0 spiro atoms. The summed E-state index contributed by atoms with van der Waals surface area (Å²) >= 11 is 0. The van der Waals surface area contributed by atoms with Crippen molar-refractivity contribution in [3.63, 3.8) is 0 Å². The van der Waals surface area contributed by atoms with Crippen molar-refractivity contribution < 1.29 is 14.6 Å². The number of aromatic carboxylic acids is 1. The van der Waals surface area contributed by atoms with Gasteiger partial charge in [0.1, 0.15) is 11.4 Å². The number of nitrogens with zero attached hydrogens (tertiary/aromatic N) is 4. The van der Waals surface area contributed by atoms with Gasteiger partial charge in [-0.3, -0.25) is 4.90 Å². The summed E-state index contributed by atoms with van der Waals surface area (Å²) in [5, 5.41) is 15.7. The molecule has 7 heteroatoms. The summed E-state index contributed by atoms with van der Waals surface area (Å²) in [6, 6.07) is 19.2. The molecule has 1 aliphatic rings. The monoisotopic (exact) mass is 520 g/mol. The molecule has 3 heterocycles. The van der Waals surface area contributed by atoms with Gasteiger partial charge < -0.3 is 9.84 Å². The second-order valence-electron chi connectivity index (χ2n) is 10.9. The molecule has 39 heavy (non-hydrogen) atoms. The molecule has 0 saturated carbocycles. The topological polar surface area (TPSA) is 80.0 Å². The van der Waals surface area contributed by atoms with E-state index in [9.17, 15) is 9.90 Å². The van der Waals surface area contributed by atoms with E-state index in [1.165, 1.54) is 19.3 Å². The molecule has 1 fully saturated rings. The summed E-state index contributed by atoms with van der Waals surface area (Å²) in [5.41, 5.74) is 4.46. The SMILES string of the molecule is CC(C)(CN1CCCCC1)Oc1ccc(-c2cnc3c(-c4ccc(C(=O)O)c5ccccc45)cnn3c2)cc1. The van der Waals surface area contributed by atoms with Gasteiger partial charge in [-0.15, -0.1) is 0 Å². The van der Waals surface area contributed by atoms with E-state index in [-0.39, 0.29) is 11.2 Å². The first kappa shape index (κ1) is 25.1. The molecule has 198 valence electrons. The fraction of sp³-hybridized carbons (Fsp3) is 0.281. The Bertz CT molecular complexity index is 1650. The lowest BCUT2D eigenvalue weighted by molar-refractivity contribution is 0.0520. The summed E-state index contributed by atoms with van der Waals surface area (Å²) in [4.78, 5) is 19.0. The van der Waals surface area contributed by atoms with Crippen LogP contribution in [0.3, 0.4) is 0 Å². The van der Waals surface area contributed by atoms with Crippen molar-refractivity contribution in [1.29, 1.82) is 0 Å². The fourth-order valence-electron chi connectivity index (χ4n) is 5.66. The minimum absolute atomic E-state index is 0.266. The third kappa shape index (κ3) is 5.10. The molecule has 6 rings (SSSR count). The number of ether oxygens (including phenoxy) is 1. The van der Waals surface area contributed by atoms with Gasteiger partial charge in [0, 0.05) is 30.1 Å². The second kappa shape index (κ2) is 10.2. The molecule has 5 aromatic rings. The molecule has 0 bridgehead atoms. The number of hydrogen-bond acceptors (Lipinski definition) is 5. The Labute approximate surface area is 227 Å². The van der Waals surface area contributed by atoms with Crippen molar-refractivity contribution in [2.75, 3.05) is 19.6 Å². The zero-order valence-electron chi connectivity index (χ0n) is 22.3. The highest BCUT2D eigenvalue weighted by Crippen LogP contribution is 2.33. The van der Waals surface area contributed by atoms with Crippen LogP contribution < -0.4 is 4.74 Å². The maximum atomic E-state index is 11.7. The zero-order valence-corrected chi connectivity index (χ0v) is 22.3. The number of hydrogen-bond donors (Lipinski definition) is 1. The molecule has 0 unspecified atom stereocenters. The van der Waals surface area contributed by atoms with Gasteiger partial charge >= 0.3 is 5.97 Å². The standard InChI is InChI=1S/C32H32N4O3/c1-32(2,21-35-16-6-3-7-17-35)39-24-12-10-22(11-13-24)23-18-33-30-29(19-34-36(30)20-23)27-14-15-28(31(37)38)26-9-5-4-8-25(26)27/h4-5,8-15,18-20H,3,6-7,16-17,21H2,1-2H3,(H,37,38). The first-order valence-corrected chi connectivity index (χ1v) is 13.5. The van der Waals surface area contributed by atoms with Crippen LogP contribution in [0.1, 0.15) is 43.5 Å². The van der Waals surface area contributed by atoms with Gasteiger partial charge in [0.15, 0.2) is 5.65 Å². The van der Waals surface area contributed by atoms with E-state index in [0.717, 1.165) is 53.0 Å². The highest BCUT2D eigenvalue weighted by atomic mass is 16.5. The minimum Gasteiger partial charge on any atom is -0.487 e. The van der Waals surface area contributed by atoms with Crippen LogP contribution in [0.25, 0.3) is 38.7 Å². The zero-order chi connectivity index (χ0) is 27.0. The van der Waals surface area contributed by atoms with Gasteiger partial charge in [-0.25, -0.2) is 14.3 Å². The molecular formula is C32H32N4O3. The summed E-state index contributed by atoms with van der Waals surface area (Å²) in [6.07, 6.45) is 9.48. The van der Waals surface area contributed by atoms with Crippen LogP contribution in [-0.4, -0.2) is 55.8 Å². The van der Waals surface area contributed by atoms with Crippen LogP contribution in [0.5, 0.6) is 5.75 Å². The third-order valence-electron chi connectivity index (χ3n) is 7.44. The van der Waals surface area contributed by atoms with E-state index < -0.39 is 5.97 Å². The first-order valence-electron chi connectivity index (χ1n) is 13.5. The van der Waals surface area contributed by atoms with Gasteiger partial charge in [-0.2, -0.15) is 5.10 Å². The van der Waals surface area contributed by atoms with Crippen LogP contribution in [0, 0.1) is 0 Å². The van der Waals surface area contributed by atoms with E-state index in [2.05, 4.69) is 36.0 Å². The molecule has 0 radical (unpaired) electrons. The molecule has 0 aliphatic carbocycles. The Morgan fingerprint density at radius 2 is 1.64 bits per heavy atom. The van der Waals surface area contributed by atoms with E-state index in [4.69, 9.17) is 9.72 Å². The first-order chi connectivity index (χ1) is 18.9. The van der Waals surface area contributed by atoms with Crippen LogP contribution in [0.4, 0.5) is 0 Å². The lowest BCUT2D eigenvalue weighted by Gasteiger charge is -2.35. The lowest BCUT2D eigenvalue weighted by atomic mass is 9.96. The number of piperidine rings is 1.